The Balaban J connectivity index is 2.29. The molecule has 0 spiro atoms. The molecule has 0 saturated heterocycles. The van der Waals surface area contributed by atoms with Crippen LogP contribution in [0.25, 0.3) is 0 Å². The van der Waals surface area contributed by atoms with Crippen molar-refractivity contribution >= 4 is 27.4 Å². The van der Waals surface area contributed by atoms with Crippen LogP contribution < -0.4 is 11.5 Å². The van der Waals surface area contributed by atoms with Gasteiger partial charge in [0.15, 0.2) is 4.60 Å². The summed E-state index contributed by atoms with van der Waals surface area (Å²) in [6.45, 7) is 0.627. The van der Waals surface area contributed by atoms with E-state index in [1.54, 1.807) is 4.68 Å². The second-order valence-electron chi connectivity index (χ2n) is 3.23. The first-order valence-electron chi connectivity index (χ1n) is 4.49. The van der Waals surface area contributed by atoms with E-state index in [1.165, 1.54) is 0 Å². The summed E-state index contributed by atoms with van der Waals surface area (Å²) >= 11 is 3.24. The van der Waals surface area contributed by atoms with E-state index in [0.717, 1.165) is 5.56 Å². The van der Waals surface area contributed by atoms with Crippen LogP contribution in [0.3, 0.4) is 0 Å². The first kappa shape index (κ1) is 10.0. The molecule has 0 fully saturated rings. The van der Waals surface area contributed by atoms with E-state index >= 15 is 0 Å². The molecule has 0 saturated carbocycles. The summed E-state index contributed by atoms with van der Waals surface area (Å²) in [4.78, 5) is 0. The van der Waals surface area contributed by atoms with E-state index in [-0.39, 0.29) is 0 Å². The fourth-order valence-corrected chi connectivity index (χ4v) is 1.73. The summed E-state index contributed by atoms with van der Waals surface area (Å²) in [5.74, 6) is 0.491. The van der Waals surface area contributed by atoms with Crippen LogP contribution in [0.1, 0.15) is 5.56 Å². The Morgan fingerprint density at radius 1 is 1.20 bits per heavy atom. The molecule has 1 aromatic carbocycles. The van der Waals surface area contributed by atoms with Crippen molar-refractivity contribution in [1.29, 1.82) is 0 Å². The fraction of sp³-hybridized carbons (Fsp3) is 0.100. The molecule has 78 valence electrons. The molecule has 0 atom stereocenters. The van der Waals surface area contributed by atoms with Gasteiger partial charge >= 0.3 is 0 Å². The Morgan fingerprint density at radius 2 is 1.87 bits per heavy atom. The molecule has 2 aromatic rings. The maximum atomic E-state index is 5.80. The summed E-state index contributed by atoms with van der Waals surface area (Å²) < 4.78 is 2.27. The second-order valence-corrected chi connectivity index (χ2v) is 3.98. The zero-order valence-corrected chi connectivity index (χ0v) is 9.61. The number of nitrogen functional groups attached to an aromatic ring is 2. The number of halogens is 1. The topological polar surface area (TPSA) is 69.9 Å². The van der Waals surface area contributed by atoms with Crippen molar-refractivity contribution in [3.8, 4) is 0 Å². The lowest BCUT2D eigenvalue weighted by Gasteiger charge is -2.03. The molecule has 0 radical (unpaired) electrons. The number of nitrogens with two attached hydrogens (primary N) is 2. The van der Waals surface area contributed by atoms with Crippen LogP contribution in [0.2, 0.25) is 0 Å². The van der Waals surface area contributed by atoms with E-state index in [2.05, 4.69) is 21.0 Å². The Labute approximate surface area is 96.0 Å². The molecule has 1 heterocycles. The van der Waals surface area contributed by atoms with Gasteiger partial charge in [0.2, 0.25) is 0 Å². The molecule has 1 aromatic heterocycles. The molecule has 0 aliphatic rings. The molecule has 0 bridgehead atoms. The quantitative estimate of drug-likeness (QED) is 0.872. The van der Waals surface area contributed by atoms with Gasteiger partial charge in [0.05, 0.1) is 6.54 Å². The van der Waals surface area contributed by atoms with Gasteiger partial charge in [-0.05, 0) is 21.5 Å². The van der Waals surface area contributed by atoms with Gasteiger partial charge in [-0.3, -0.25) is 0 Å². The van der Waals surface area contributed by atoms with E-state index < -0.39 is 0 Å². The van der Waals surface area contributed by atoms with E-state index in [9.17, 15) is 0 Å². The minimum Gasteiger partial charge on any atom is -0.393 e. The third-order valence-corrected chi connectivity index (χ3v) is 2.75. The molecule has 2 rings (SSSR count). The molecular weight excluding hydrogens is 256 g/mol. The molecule has 4 nitrogen and oxygen atoms in total. The fourth-order valence-electron chi connectivity index (χ4n) is 1.34. The lowest BCUT2D eigenvalue weighted by Crippen LogP contribution is -2.06. The summed E-state index contributed by atoms with van der Waals surface area (Å²) in [6, 6.07) is 9.97. The number of hydrogen-bond acceptors (Lipinski definition) is 3. The van der Waals surface area contributed by atoms with Gasteiger partial charge in [0, 0.05) is 0 Å². The number of benzene rings is 1. The number of nitrogens with zero attached hydrogens (tertiary/aromatic N) is 2. The first-order chi connectivity index (χ1) is 7.18. The van der Waals surface area contributed by atoms with Crippen LogP contribution in [0, 0.1) is 0 Å². The number of aromatic nitrogens is 2. The zero-order chi connectivity index (χ0) is 10.8. The third kappa shape index (κ3) is 1.97. The minimum atomic E-state index is 0.491. The van der Waals surface area contributed by atoms with Gasteiger partial charge in [-0.25, -0.2) is 4.68 Å². The van der Waals surface area contributed by atoms with Crippen molar-refractivity contribution in [2.75, 3.05) is 11.5 Å². The average Bonchev–Trinajstić information content (AvgIpc) is 2.48. The summed E-state index contributed by atoms with van der Waals surface area (Å²) in [5, 5.41) is 4.19. The zero-order valence-electron chi connectivity index (χ0n) is 8.02. The van der Waals surface area contributed by atoms with Crippen LogP contribution in [0.15, 0.2) is 34.9 Å². The van der Waals surface area contributed by atoms with Crippen molar-refractivity contribution in [3.63, 3.8) is 0 Å². The van der Waals surface area contributed by atoms with Crippen LogP contribution in [0.4, 0.5) is 11.5 Å². The minimum absolute atomic E-state index is 0.491. The number of rotatable bonds is 2. The normalized spacial score (nSPS) is 10.5. The van der Waals surface area contributed by atoms with E-state index in [0.29, 0.717) is 22.7 Å². The van der Waals surface area contributed by atoms with Crippen molar-refractivity contribution in [2.24, 2.45) is 0 Å². The Bertz CT molecular complexity index is 464. The molecular formula is C10H11BrN4. The van der Waals surface area contributed by atoms with Gasteiger partial charge in [-0.15, -0.1) is 0 Å². The summed E-state index contributed by atoms with van der Waals surface area (Å²) in [5.41, 5.74) is 13.1. The third-order valence-electron chi connectivity index (χ3n) is 2.16. The van der Waals surface area contributed by atoms with Gasteiger partial charge in [0.25, 0.3) is 0 Å². The van der Waals surface area contributed by atoms with Crippen LogP contribution >= 0.6 is 15.9 Å². The Hall–Kier alpha value is -1.49. The molecule has 0 amide bonds. The lowest BCUT2D eigenvalue weighted by atomic mass is 10.2. The second kappa shape index (κ2) is 3.94. The highest BCUT2D eigenvalue weighted by atomic mass is 79.9. The van der Waals surface area contributed by atoms with Crippen molar-refractivity contribution in [3.05, 3.63) is 40.5 Å². The van der Waals surface area contributed by atoms with Gasteiger partial charge in [-0.2, -0.15) is 5.10 Å². The predicted molar refractivity (Wildman–Crippen MR) is 64.3 cm³/mol. The van der Waals surface area contributed by atoms with Crippen LogP contribution in [-0.4, -0.2) is 9.78 Å². The Morgan fingerprint density at radius 3 is 2.40 bits per heavy atom. The predicted octanol–water partition coefficient (Wildman–Crippen LogP) is 1.86. The van der Waals surface area contributed by atoms with Crippen LogP contribution in [-0.2, 0) is 6.54 Å². The van der Waals surface area contributed by atoms with E-state index in [1.807, 2.05) is 30.3 Å². The highest BCUT2D eigenvalue weighted by molar-refractivity contribution is 9.10. The highest BCUT2D eigenvalue weighted by Crippen LogP contribution is 2.24. The summed E-state index contributed by atoms with van der Waals surface area (Å²) in [6.07, 6.45) is 0. The molecule has 0 aliphatic heterocycles. The maximum Gasteiger partial charge on any atom is 0.153 e. The van der Waals surface area contributed by atoms with Gasteiger partial charge < -0.3 is 11.5 Å². The maximum absolute atomic E-state index is 5.80. The van der Waals surface area contributed by atoms with Crippen LogP contribution in [0.5, 0.6) is 0 Å². The van der Waals surface area contributed by atoms with Gasteiger partial charge in [-0.1, -0.05) is 30.3 Å². The van der Waals surface area contributed by atoms with Crippen molar-refractivity contribution < 1.29 is 0 Å². The SMILES string of the molecule is Nc1c(Br)nn(Cc2ccccc2)c1N. The standard InChI is InChI=1S/C10H11BrN4/c11-9-8(12)10(13)15(14-9)6-7-4-2-1-3-5-7/h1-5H,6,12-13H2. The smallest absolute Gasteiger partial charge is 0.153 e. The Kier molecular flexibility index (Phi) is 2.64. The van der Waals surface area contributed by atoms with Crippen molar-refractivity contribution in [2.45, 2.75) is 6.54 Å². The first-order valence-corrected chi connectivity index (χ1v) is 5.29. The molecule has 4 N–H and O–H groups in total. The largest absolute Gasteiger partial charge is 0.393 e. The number of hydrogen-bond donors (Lipinski definition) is 2. The molecule has 0 aliphatic carbocycles. The average molecular weight is 267 g/mol. The molecule has 0 unspecified atom stereocenters. The lowest BCUT2D eigenvalue weighted by molar-refractivity contribution is 0.692. The highest BCUT2D eigenvalue weighted by Gasteiger charge is 2.09. The van der Waals surface area contributed by atoms with Gasteiger partial charge in [0.1, 0.15) is 11.5 Å². The molecule has 5 heteroatoms. The van der Waals surface area contributed by atoms with E-state index in [4.69, 9.17) is 11.5 Å². The van der Waals surface area contributed by atoms with Crippen molar-refractivity contribution in [1.82, 2.24) is 9.78 Å². The molecule has 15 heavy (non-hydrogen) atoms. The summed E-state index contributed by atoms with van der Waals surface area (Å²) in [7, 11) is 0. The monoisotopic (exact) mass is 266 g/mol. The number of anilines is 2.